The molecule has 2 rings (SSSR count). The molecule has 0 saturated heterocycles. The molecule has 0 aromatic carbocycles. The number of aliphatic carboxylic acids is 1. The molecule has 1 aromatic heterocycles. The van der Waals surface area contributed by atoms with Crippen molar-refractivity contribution in [3.8, 4) is 0 Å². The fraction of sp³-hybridized carbons (Fsp3) is 0.462. The topological polar surface area (TPSA) is 79.3 Å². The van der Waals surface area contributed by atoms with Crippen molar-refractivity contribution in [2.45, 2.75) is 32.1 Å². The van der Waals surface area contributed by atoms with E-state index in [2.05, 4.69) is 26.2 Å². The van der Waals surface area contributed by atoms with E-state index in [0.717, 1.165) is 17.3 Å². The quantitative estimate of drug-likeness (QED) is 0.891. The van der Waals surface area contributed by atoms with Gasteiger partial charge >= 0.3 is 5.97 Å². The molecule has 19 heavy (non-hydrogen) atoms. The lowest BCUT2D eigenvalue weighted by Crippen LogP contribution is -2.32. The minimum atomic E-state index is -0.885. The number of halogens is 1. The van der Waals surface area contributed by atoms with E-state index in [-0.39, 0.29) is 12.3 Å². The van der Waals surface area contributed by atoms with Crippen molar-refractivity contribution in [2.24, 2.45) is 5.41 Å². The second kappa shape index (κ2) is 5.69. The summed E-state index contributed by atoms with van der Waals surface area (Å²) in [6, 6.07) is 1.73. The number of hydrogen-bond donors (Lipinski definition) is 2. The first-order chi connectivity index (χ1) is 9.02. The van der Waals surface area contributed by atoms with Gasteiger partial charge in [0.25, 0.3) is 0 Å². The van der Waals surface area contributed by atoms with Gasteiger partial charge in [0.15, 0.2) is 0 Å². The molecule has 0 aliphatic heterocycles. The Morgan fingerprint density at radius 3 is 2.63 bits per heavy atom. The van der Waals surface area contributed by atoms with Gasteiger partial charge in [-0.25, -0.2) is 0 Å². The number of carboxylic acids is 1. The molecule has 1 heterocycles. The Labute approximate surface area is 119 Å². The number of rotatable bonds is 4. The number of carboxylic acid groups (broad SMARTS) is 1. The van der Waals surface area contributed by atoms with Gasteiger partial charge in [-0.05, 0) is 34.8 Å². The molecule has 0 spiro atoms. The van der Waals surface area contributed by atoms with Crippen molar-refractivity contribution in [1.29, 1.82) is 0 Å². The zero-order valence-electron chi connectivity index (χ0n) is 10.4. The summed E-state index contributed by atoms with van der Waals surface area (Å²) in [6.07, 6.45) is 6.07. The minimum absolute atomic E-state index is 0.0227. The van der Waals surface area contributed by atoms with Crippen LogP contribution in [0.2, 0.25) is 0 Å². The van der Waals surface area contributed by atoms with E-state index in [0.29, 0.717) is 18.5 Å². The Balaban J connectivity index is 2.02. The Hall–Kier alpha value is -1.43. The summed E-state index contributed by atoms with van der Waals surface area (Å²) >= 11 is 3.27. The molecule has 0 unspecified atom stereocenters. The fourth-order valence-corrected chi connectivity index (χ4v) is 2.88. The average molecular weight is 327 g/mol. The van der Waals surface area contributed by atoms with Gasteiger partial charge in [0.1, 0.15) is 0 Å². The second-order valence-electron chi connectivity index (χ2n) is 4.91. The SMILES string of the molecule is O=C(CC1(C(=O)O)CCCC1)Nc1cncc(Br)c1. The third-order valence-electron chi connectivity index (χ3n) is 3.50. The van der Waals surface area contributed by atoms with E-state index in [1.54, 1.807) is 12.3 Å². The highest BCUT2D eigenvalue weighted by Crippen LogP contribution is 2.41. The van der Waals surface area contributed by atoms with Crippen LogP contribution in [-0.2, 0) is 9.59 Å². The lowest BCUT2D eigenvalue weighted by atomic mass is 9.82. The number of anilines is 1. The van der Waals surface area contributed by atoms with Crippen molar-refractivity contribution in [3.05, 3.63) is 22.9 Å². The molecular weight excluding hydrogens is 312 g/mol. The molecule has 1 amide bonds. The van der Waals surface area contributed by atoms with Crippen molar-refractivity contribution in [3.63, 3.8) is 0 Å². The van der Waals surface area contributed by atoms with Gasteiger partial charge in [-0.1, -0.05) is 12.8 Å². The summed E-state index contributed by atoms with van der Waals surface area (Å²) < 4.78 is 0.763. The molecule has 2 N–H and O–H groups in total. The van der Waals surface area contributed by atoms with E-state index >= 15 is 0 Å². The first-order valence-corrected chi connectivity index (χ1v) is 6.95. The Morgan fingerprint density at radius 2 is 2.05 bits per heavy atom. The zero-order valence-corrected chi connectivity index (χ0v) is 11.9. The molecule has 1 aliphatic carbocycles. The normalized spacial score (nSPS) is 17.1. The van der Waals surface area contributed by atoms with Crippen LogP contribution in [-0.4, -0.2) is 22.0 Å². The van der Waals surface area contributed by atoms with Crippen LogP contribution in [0, 0.1) is 5.41 Å². The molecule has 5 nitrogen and oxygen atoms in total. The first-order valence-electron chi connectivity index (χ1n) is 6.16. The largest absolute Gasteiger partial charge is 0.481 e. The average Bonchev–Trinajstić information content (AvgIpc) is 2.78. The van der Waals surface area contributed by atoms with Crippen LogP contribution in [0.25, 0.3) is 0 Å². The Morgan fingerprint density at radius 1 is 1.37 bits per heavy atom. The highest BCUT2D eigenvalue weighted by Gasteiger charge is 2.42. The maximum absolute atomic E-state index is 12.0. The highest BCUT2D eigenvalue weighted by atomic mass is 79.9. The van der Waals surface area contributed by atoms with Gasteiger partial charge in [-0.3, -0.25) is 14.6 Å². The fourth-order valence-electron chi connectivity index (χ4n) is 2.51. The number of nitrogens with one attached hydrogen (secondary N) is 1. The smallest absolute Gasteiger partial charge is 0.310 e. The molecule has 1 fully saturated rings. The summed E-state index contributed by atoms with van der Waals surface area (Å²) in [7, 11) is 0. The minimum Gasteiger partial charge on any atom is -0.481 e. The maximum Gasteiger partial charge on any atom is 0.310 e. The van der Waals surface area contributed by atoms with Crippen LogP contribution in [0.1, 0.15) is 32.1 Å². The lowest BCUT2D eigenvalue weighted by molar-refractivity contribution is -0.150. The summed E-state index contributed by atoms with van der Waals surface area (Å²) in [5, 5.41) is 12.0. The van der Waals surface area contributed by atoms with Gasteiger partial charge in [-0.15, -0.1) is 0 Å². The molecule has 0 atom stereocenters. The number of carbonyl (C=O) groups excluding carboxylic acids is 1. The third kappa shape index (κ3) is 3.32. The van der Waals surface area contributed by atoms with Gasteiger partial charge in [0, 0.05) is 17.1 Å². The highest BCUT2D eigenvalue weighted by molar-refractivity contribution is 9.10. The number of pyridine rings is 1. The van der Waals surface area contributed by atoms with Gasteiger partial charge in [0.05, 0.1) is 17.3 Å². The van der Waals surface area contributed by atoms with Crippen molar-refractivity contribution < 1.29 is 14.7 Å². The molecule has 102 valence electrons. The van der Waals surface area contributed by atoms with Crippen molar-refractivity contribution in [2.75, 3.05) is 5.32 Å². The van der Waals surface area contributed by atoms with Gasteiger partial charge < -0.3 is 10.4 Å². The van der Waals surface area contributed by atoms with Crippen LogP contribution in [0.4, 0.5) is 5.69 Å². The van der Waals surface area contributed by atoms with Crippen LogP contribution in [0.15, 0.2) is 22.9 Å². The van der Waals surface area contributed by atoms with Crippen LogP contribution >= 0.6 is 15.9 Å². The molecule has 0 bridgehead atoms. The van der Waals surface area contributed by atoms with Crippen LogP contribution in [0.3, 0.4) is 0 Å². The zero-order chi connectivity index (χ0) is 13.9. The van der Waals surface area contributed by atoms with Crippen LogP contribution < -0.4 is 5.32 Å². The van der Waals surface area contributed by atoms with E-state index in [1.165, 1.54) is 6.20 Å². The first kappa shape index (κ1) is 14.0. The summed E-state index contributed by atoms with van der Waals surface area (Å²) in [4.78, 5) is 27.3. The number of carbonyl (C=O) groups is 2. The number of nitrogens with zero attached hydrogens (tertiary/aromatic N) is 1. The monoisotopic (exact) mass is 326 g/mol. The Kier molecular flexibility index (Phi) is 4.19. The molecule has 1 aliphatic rings. The van der Waals surface area contributed by atoms with Gasteiger partial charge in [-0.2, -0.15) is 0 Å². The van der Waals surface area contributed by atoms with Crippen molar-refractivity contribution in [1.82, 2.24) is 4.98 Å². The number of hydrogen-bond acceptors (Lipinski definition) is 3. The summed E-state index contributed by atoms with van der Waals surface area (Å²) in [5.41, 5.74) is -0.318. The molecular formula is C13H15BrN2O3. The van der Waals surface area contributed by atoms with Gasteiger partial charge in [0.2, 0.25) is 5.91 Å². The molecule has 1 aromatic rings. The summed E-state index contributed by atoms with van der Waals surface area (Å²) in [5.74, 6) is -1.14. The lowest BCUT2D eigenvalue weighted by Gasteiger charge is -2.22. The molecule has 0 radical (unpaired) electrons. The van der Waals surface area contributed by atoms with E-state index in [1.807, 2.05) is 0 Å². The molecule has 1 saturated carbocycles. The number of amides is 1. The standard InChI is InChI=1S/C13H15BrN2O3/c14-9-5-10(8-15-7-9)16-11(17)6-13(12(18)19)3-1-2-4-13/h5,7-8H,1-4,6H2,(H,16,17)(H,18,19). The second-order valence-corrected chi connectivity index (χ2v) is 5.83. The van der Waals surface area contributed by atoms with E-state index in [4.69, 9.17) is 0 Å². The maximum atomic E-state index is 12.0. The summed E-state index contributed by atoms with van der Waals surface area (Å²) in [6.45, 7) is 0. The molecule has 6 heteroatoms. The predicted octanol–water partition coefficient (Wildman–Crippen LogP) is 2.82. The van der Waals surface area contributed by atoms with Crippen LogP contribution in [0.5, 0.6) is 0 Å². The third-order valence-corrected chi connectivity index (χ3v) is 3.94. The van der Waals surface area contributed by atoms with E-state index < -0.39 is 11.4 Å². The predicted molar refractivity (Wildman–Crippen MR) is 73.7 cm³/mol. The Bertz CT molecular complexity index is 498. The van der Waals surface area contributed by atoms with Crippen molar-refractivity contribution >= 4 is 33.5 Å². The van der Waals surface area contributed by atoms with E-state index in [9.17, 15) is 14.7 Å². The number of aromatic nitrogens is 1.